The van der Waals surface area contributed by atoms with E-state index in [-0.39, 0.29) is 10.6 Å². The fraction of sp³-hybridized carbons (Fsp3) is 0.278. The summed E-state index contributed by atoms with van der Waals surface area (Å²) >= 11 is 6.68. The van der Waals surface area contributed by atoms with E-state index in [1.807, 2.05) is 24.3 Å². The predicted octanol–water partition coefficient (Wildman–Crippen LogP) is 5.65. The highest BCUT2D eigenvalue weighted by Gasteiger charge is 2.15. The first-order chi connectivity index (χ1) is 10.2. The Morgan fingerprint density at radius 1 is 1.00 bits per heavy atom. The summed E-state index contributed by atoms with van der Waals surface area (Å²) in [5, 5.41) is 0.618. The summed E-state index contributed by atoms with van der Waals surface area (Å²) in [5.41, 5.74) is 4.43. The van der Waals surface area contributed by atoms with Crippen molar-refractivity contribution in [3.63, 3.8) is 0 Å². The summed E-state index contributed by atoms with van der Waals surface area (Å²) in [6.45, 7) is 2.19. The van der Waals surface area contributed by atoms with E-state index in [1.165, 1.54) is 11.1 Å². The van der Waals surface area contributed by atoms with Crippen LogP contribution in [0.1, 0.15) is 29.3 Å². The molecule has 0 aliphatic carbocycles. The summed E-state index contributed by atoms with van der Waals surface area (Å²) in [4.78, 5) is 11.9. The summed E-state index contributed by atoms with van der Waals surface area (Å²) in [7, 11) is 0. The SMILES string of the molecule is CCCc1ccc(-c2ccc(C(=O)C(Br)CBr)cc2)cc1. The second-order valence-corrected chi connectivity index (χ2v) is 6.76. The van der Waals surface area contributed by atoms with E-state index in [9.17, 15) is 4.79 Å². The Morgan fingerprint density at radius 2 is 1.52 bits per heavy atom. The molecule has 0 amide bonds. The zero-order valence-electron chi connectivity index (χ0n) is 12.0. The standard InChI is InChI=1S/C18H18Br2O/c1-2-3-13-4-6-14(7-5-13)15-8-10-16(11-9-15)18(21)17(20)12-19/h4-11,17H,2-3,12H2,1H3. The Labute approximate surface area is 143 Å². The molecule has 0 heterocycles. The maximum Gasteiger partial charge on any atom is 0.177 e. The average molecular weight is 410 g/mol. The van der Waals surface area contributed by atoms with Crippen LogP contribution < -0.4 is 0 Å². The first-order valence-corrected chi connectivity index (χ1v) is 9.13. The molecule has 1 atom stereocenters. The van der Waals surface area contributed by atoms with Crippen LogP contribution in [0.5, 0.6) is 0 Å². The molecular weight excluding hydrogens is 392 g/mol. The number of hydrogen-bond acceptors (Lipinski definition) is 1. The van der Waals surface area contributed by atoms with Gasteiger partial charge in [0.2, 0.25) is 0 Å². The lowest BCUT2D eigenvalue weighted by molar-refractivity contribution is 0.0997. The third-order valence-corrected chi connectivity index (χ3v) is 5.67. The fourth-order valence-electron chi connectivity index (χ4n) is 2.23. The maximum absolute atomic E-state index is 12.1. The third-order valence-electron chi connectivity index (χ3n) is 3.42. The van der Waals surface area contributed by atoms with E-state index in [4.69, 9.17) is 0 Å². The lowest BCUT2D eigenvalue weighted by Gasteiger charge is -2.07. The quantitative estimate of drug-likeness (QED) is 0.445. The Morgan fingerprint density at radius 3 is 2.00 bits per heavy atom. The molecular formula is C18H18Br2O. The smallest absolute Gasteiger partial charge is 0.177 e. The zero-order chi connectivity index (χ0) is 15.2. The minimum absolute atomic E-state index is 0.108. The average Bonchev–Trinajstić information content (AvgIpc) is 2.54. The largest absolute Gasteiger partial charge is 0.293 e. The van der Waals surface area contributed by atoms with Gasteiger partial charge >= 0.3 is 0 Å². The molecule has 0 bridgehead atoms. The Balaban J connectivity index is 2.16. The number of aryl methyl sites for hydroxylation is 1. The summed E-state index contributed by atoms with van der Waals surface area (Å²) in [6, 6.07) is 16.5. The lowest BCUT2D eigenvalue weighted by Crippen LogP contribution is -2.15. The predicted molar refractivity (Wildman–Crippen MR) is 96.7 cm³/mol. The molecule has 2 aromatic rings. The van der Waals surface area contributed by atoms with Gasteiger partial charge in [0.15, 0.2) is 5.78 Å². The van der Waals surface area contributed by atoms with E-state index in [0.29, 0.717) is 5.33 Å². The highest BCUT2D eigenvalue weighted by Crippen LogP contribution is 2.22. The lowest BCUT2D eigenvalue weighted by atomic mass is 10.00. The summed E-state index contributed by atoms with van der Waals surface area (Å²) < 4.78 is 0. The van der Waals surface area contributed by atoms with Gasteiger partial charge in [0.1, 0.15) is 0 Å². The molecule has 21 heavy (non-hydrogen) atoms. The first kappa shape index (κ1) is 16.4. The number of carbonyl (C=O) groups is 1. The van der Waals surface area contributed by atoms with Crippen molar-refractivity contribution in [2.75, 3.05) is 5.33 Å². The van der Waals surface area contributed by atoms with Crippen LogP contribution >= 0.6 is 31.9 Å². The van der Waals surface area contributed by atoms with Gasteiger partial charge in [0, 0.05) is 10.9 Å². The van der Waals surface area contributed by atoms with Crippen LogP contribution in [0, 0.1) is 0 Å². The molecule has 2 aromatic carbocycles. The third kappa shape index (κ3) is 4.27. The van der Waals surface area contributed by atoms with Crippen LogP contribution in [0.3, 0.4) is 0 Å². The van der Waals surface area contributed by atoms with E-state index in [2.05, 4.69) is 63.0 Å². The number of alkyl halides is 2. The van der Waals surface area contributed by atoms with Crippen molar-refractivity contribution >= 4 is 37.6 Å². The zero-order valence-corrected chi connectivity index (χ0v) is 15.2. The van der Waals surface area contributed by atoms with Gasteiger partial charge in [-0.25, -0.2) is 0 Å². The van der Waals surface area contributed by atoms with Crippen molar-refractivity contribution in [3.05, 3.63) is 59.7 Å². The monoisotopic (exact) mass is 408 g/mol. The molecule has 110 valence electrons. The molecule has 0 aromatic heterocycles. The number of benzene rings is 2. The van der Waals surface area contributed by atoms with Gasteiger partial charge in [-0.1, -0.05) is 93.7 Å². The van der Waals surface area contributed by atoms with Crippen molar-refractivity contribution in [2.24, 2.45) is 0 Å². The molecule has 0 fully saturated rings. The van der Waals surface area contributed by atoms with Crippen LogP contribution in [0.15, 0.2) is 48.5 Å². The van der Waals surface area contributed by atoms with Gasteiger partial charge in [-0.3, -0.25) is 4.79 Å². The molecule has 0 N–H and O–H groups in total. The highest BCUT2D eigenvalue weighted by atomic mass is 79.9. The molecule has 0 spiro atoms. The second-order valence-electron chi connectivity index (χ2n) is 5.01. The minimum atomic E-state index is -0.170. The number of Topliss-reactive ketones (excluding diaryl/α,β-unsaturated/α-hetero) is 1. The van der Waals surface area contributed by atoms with E-state index >= 15 is 0 Å². The Bertz CT molecular complexity index is 588. The van der Waals surface area contributed by atoms with Crippen molar-refractivity contribution in [3.8, 4) is 11.1 Å². The number of hydrogen-bond donors (Lipinski definition) is 0. The van der Waals surface area contributed by atoms with Crippen molar-refractivity contribution in [2.45, 2.75) is 24.6 Å². The van der Waals surface area contributed by atoms with Crippen LogP contribution in [0.2, 0.25) is 0 Å². The van der Waals surface area contributed by atoms with Crippen molar-refractivity contribution in [1.82, 2.24) is 0 Å². The molecule has 0 saturated heterocycles. The number of halogens is 2. The molecule has 3 heteroatoms. The van der Waals surface area contributed by atoms with E-state index in [1.54, 1.807) is 0 Å². The molecule has 0 aliphatic heterocycles. The second kappa shape index (κ2) is 7.90. The fourth-order valence-corrected chi connectivity index (χ4v) is 2.79. The van der Waals surface area contributed by atoms with Gasteiger partial charge in [0.25, 0.3) is 0 Å². The van der Waals surface area contributed by atoms with Gasteiger partial charge in [0.05, 0.1) is 4.83 Å². The normalized spacial score (nSPS) is 12.1. The molecule has 0 radical (unpaired) electrons. The first-order valence-electron chi connectivity index (χ1n) is 7.09. The van der Waals surface area contributed by atoms with Gasteiger partial charge < -0.3 is 0 Å². The topological polar surface area (TPSA) is 17.1 Å². The van der Waals surface area contributed by atoms with Gasteiger partial charge in [-0.15, -0.1) is 0 Å². The minimum Gasteiger partial charge on any atom is -0.293 e. The maximum atomic E-state index is 12.1. The van der Waals surface area contributed by atoms with Crippen LogP contribution in [0.25, 0.3) is 11.1 Å². The van der Waals surface area contributed by atoms with Crippen molar-refractivity contribution < 1.29 is 4.79 Å². The highest BCUT2D eigenvalue weighted by molar-refractivity contribution is 9.12. The molecule has 1 nitrogen and oxygen atoms in total. The Hall–Kier alpha value is -0.930. The molecule has 2 rings (SSSR count). The van der Waals surface area contributed by atoms with Crippen LogP contribution in [-0.2, 0) is 6.42 Å². The summed E-state index contributed by atoms with van der Waals surface area (Å²) in [5.74, 6) is 0.108. The molecule has 0 aliphatic rings. The molecule has 1 unspecified atom stereocenters. The number of rotatable bonds is 6. The van der Waals surface area contributed by atoms with E-state index in [0.717, 1.165) is 24.0 Å². The van der Waals surface area contributed by atoms with E-state index < -0.39 is 0 Å². The number of ketones is 1. The van der Waals surface area contributed by atoms with Crippen LogP contribution in [0.4, 0.5) is 0 Å². The number of carbonyl (C=O) groups excluding carboxylic acids is 1. The van der Waals surface area contributed by atoms with Crippen LogP contribution in [-0.4, -0.2) is 15.9 Å². The summed E-state index contributed by atoms with van der Waals surface area (Å²) in [6.07, 6.45) is 2.28. The molecule has 0 saturated carbocycles. The van der Waals surface area contributed by atoms with Gasteiger partial charge in [-0.05, 0) is 23.1 Å². The van der Waals surface area contributed by atoms with Crippen molar-refractivity contribution in [1.29, 1.82) is 0 Å². The van der Waals surface area contributed by atoms with Gasteiger partial charge in [-0.2, -0.15) is 0 Å². The Kier molecular flexibility index (Phi) is 6.19.